The predicted octanol–water partition coefficient (Wildman–Crippen LogP) is 6.54. The molecule has 0 saturated heterocycles. The summed E-state index contributed by atoms with van der Waals surface area (Å²) in [7, 11) is 0. The van der Waals surface area contributed by atoms with Gasteiger partial charge in [-0.25, -0.2) is 0 Å². The van der Waals surface area contributed by atoms with Crippen LogP contribution in [0.1, 0.15) is 31.9 Å². The maximum absolute atomic E-state index is 2.40. The minimum absolute atomic E-state index is 0.187. The van der Waals surface area contributed by atoms with Crippen LogP contribution >= 0.6 is 22.6 Å². The molecule has 1 heteroatoms. The van der Waals surface area contributed by atoms with Gasteiger partial charge in [-0.1, -0.05) is 68.5 Å². The van der Waals surface area contributed by atoms with Crippen molar-refractivity contribution in [2.75, 3.05) is 0 Å². The van der Waals surface area contributed by atoms with E-state index >= 15 is 0 Å². The zero-order valence-electron chi connectivity index (χ0n) is 14.0. The quantitative estimate of drug-likeness (QED) is 0.395. The molecule has 1 atom stereocenters. The largest absolute Gasteiger partial charge is 0.0877 e. The molecule has 1 aliphatic rings. The Labute approximate surface area is 153 Å². The van der Waals surface area contributed by atoms with E-state index in [1.165, 1.54) is 25.8 Å². The first-order chi connectivity index (χ1) is 11.0. The molecule has 0 bridgehead atoms. The normalized spacial score (nSPS) is 19.6. The highest BCUT2D eigenvalue weighted by molar-refractivity contribution is 14.1. The number of hydrogen-bond acceptors (Lipinski definition) is 0. The molecule has 118 valence electrons. The molecule has 2 aromatic carbocycles. The van der Waals surface area contributed by atoms with Crippen molar-refractivity contribution in [2.24, 2.45) is 5.92 Å². The molecule has 0 heterocycles. The summed E-state index contributed by atoms with van der Waals surface area (Å²) in [4.78, 5) is 0. The van der Waals surface area contributed by atoms with Gasteiger partial charge in [0.05, 0.1) is 0 Å². The van der Waals surface area contributed by atoms with E-state index in [9.17, 15) is 0 Å². The van der Waals surface area contributed by atoms with E-state index in [0.29, 0.717) is 5.92 Å². The van der Waals surface area contributed by atoms with Gasteiger partial charge >= 0.3 is 0 Å². The number of hydrogen-bond donors (Lipinski definition) is 0. The number of rotatable bonds is 3. The molecule has 0 nitrogen and oxygen atoms in total. The lowest BCUT2D eigenvalue weighted by molar-refractivity contribution is 0.419. The molecule has 1 unspecified atom stereocenters. The molecule has 3 rings (SSSR count). The molecule has 0 spiro atoms. The van der Waals surface area contributed by atoms with Crippen LogP contribution in [0, 0.1) is 9.49 Å². The van der Waals surface area contributed by atoms with Gasteiger partial charge in [0, 0.05) is 3.57 Å². The summed E-state index contributed by atoms with van der Waals surface area (Å²) in [6.07, 6.45) is 9.91. The van der Waals surface area contributed by atoms with Crippen molar-refractivity contribution in [3.8, 4) is 11.1 Å². The van der Waals surface area contributed by atoms with Gasteiger partial charge in [0.2, 0.25) is 0 Å². The topological polar surface area (TPSA) is 0 Å². The van der Waals surface area contributed by atoms with Gasteiger partial charge in [0.25, 0.3) is 0 Å². The van der Waals surface area contributed by atoms with E-state index in [2.05, 4.69) is 110 Å². The van der Waals surface area contributed by atoms with Crippen LogP contribution in [-0.4, -0.2) is 0 Å². The lowest BCUT2D eigenvalue weighted by Crippen LogP contribution is -2.22. The molecule has 1 aliphatic carbocycles. The van der Waals surface area contributed by atoms with E-state index in [1.807, 2.05) is 0 Å². The molecular formula is C22H23I. The Morgan fingerprint density at radius 3 is 2.39 bits per heavy atom. The second-order valence-electron chi connectivity index (χ2n) is 6.82. The Kier molecular flexibility index (Phi) is 4.77. The highest BCUT2D eigenvalue weighted by Crippen LogP contribution is 2.45. The summed E-state index contributed by atoms with van der Waals surface area (Å²) in [5, 5.41) is 0. The van der Waals surface area contributed by atoms with Gasteiger partial charge in [0.15, 0.2) is 0 Å². The molecule has 23 heavy (non-hydrogen) atoms. The van der Waals surface area contributed by atoms with Crippen LogP contribution < -0.4 is 0 Å². The lowest BCUT2D eigenvalue weighted by atomic mass is 9.78. The van der Waals surface area contributed by atoms with Crippen molar-refractivity contribution in [3.63, 3.8) is 0 Å². The van der Waals surface area contributed by atoms with Crippen LogP contribution in [0.15, 0.2) is 66.8 Å². The van der Waals surface area contributed by atoms with Crippen LogP contribution in [0.3, 0.4) is 0 Å². The van der Waals surface area contributed by atoms with E-state index in [4.69, 9.17) is 0 Å². The fraction of sp³-hybridized carbons (Fsp3) is 0.273. The molecule has 0 radical (unpaired) electrons. The second-order valence-corrected chi connectivity index (χ2v) is 8.07. The second kappa shape index (κ2) is 6.64. The summed E-state index contributed by atoms with van der Waals surface area (Å²) < 4.78 is 1.28. The first kappa shape index (κ1) is 16.5. The average molecular weight is 414 g/mol. The highest BCUT2D eigenvalue weighted by atomic mass is 127. The third-order valence-corrected chi connectivity index (χ3v) is 5.71. The van der Waals surface area contributed by atoms with Crippen LogP contribution in [0.2, 0.25) is 0 Å². The van der Waals surface area contributed by atoms with Gasteiger partial charge in [0.1, 0.15) is 0 Å². The zero-order valence-corrected chi connectivity index (χ0v) is 16.2. The third kappa shape index (κ3) is 3.30. The van der Waals surface area contributed by atoms with Crippen molar-refractivity contribution in [1.82, 2.24) is 0 Å². The Morgan fingerprint density at radius 1 is 1.00 bits per heavy atom. The zero-order chi connectivity index (χ0) is 16.4. The third-order valence-electron chi connectivity index (χ3n) is 5.00. The van der Waals surface area contributed by atoms with Gasteiger partial charge in [-0.15, -0.1) is 0 Å². The van der Waals surface area contributed by atoms with Crippen molar-refractivity contribution in [2.45, 2.75) is 32.6 Å². The van der Waals surface area contributed by atoms with Gasteiger partial charge in [-0.05, 0) is 81.7 Å². The van der Waals surface area contributed by atoms with Crippen molar-refractivity contribution < 1.29 is 0 Å². The molecule has 2 aromatic rings. The highest BCUT2D eigenvalue weighted by Gasteiger charge is 2.37. The fourth-order valence-electron chi connectivity index (χ4n) is 3.49. The average Bonchev–Trinajstić information content (AvgIpc) is 2.79. The summed E-state index contributed by atoms with van der Waals surface area (Å²) in [5.74, 6) is 0.570. The van der Waals surface area contributed by atoms with E-state index < -0.39 is 0 Å². The van der Waals surface area contributed by atoms with Crippen LogP contribution in [-0.2, 0) is 11.8 Å². The Bertz CT molecular complexity index is 748. The smallest absolute Gasteiger partial charge is 0.0130 e. The maximum Gasteiger partial charge on any atom is 0.0130 e. The standard InChI is InChI=1S/C22H23I/c1-4-5-6-7-19-14-18-9-8-17(15-21(18)22(19,2)3)16-10-12-20(23)13-11-16/h4-13,15,19H,14H2,1-3H3/b5-4-,7-6-. The first-order valence-electron chi connectivity index (χ1n) is 8.21. The molecular weight excluding hydrogens is 391 g/mol. The van der Waals surface area contributed by atoms with Gasteiger partial charge < -0.3 is 0 Å². The predicted molar refractivity (Wildman–Crippen MR) is 109 cm³/mol. The Morgan fingerprint density at radius 2 is 1.70 bits per heavy atom. The molecule has 0 aliphatic heterocycles. The van der Waals surface area contributed by atoms with Crippen LogP contribution in [0.4, 0.5) is 0 Å². The van der Waals surface area contributed by atoms with Crippen LogP contribution in [0.5, 0.6) is 0 Å². The fourth-order valence-corrected chi connectivity index (χ4v) is 3.85. The number of allylic oxidation sites excluding steroid dienone is 4. The molecule has 0 aromatic heterocycles. The Hall–Kier alpha value is -1.35. The van der Waals surface area contributed by atoms with Gasteiger partial charge in [-0.3, -0.25) is 0 Å². The number of benzene rings is 2. The molecule has 0 N–H and O–H groups in total. The molecule has 0 saturated carbocycles. The van der Waals surface area contributed by atoms with Crippen LogP contribution in [0.25, 0.3) is 11.1 Å². The lowest BCUT2D eigenvalue weighted by Gasteiger charge is -2.26. The first-order valence-corrected chi connectivity index (χ1v) is 9.29. The van der Waals surface area contributed by atoms with Gasteiger partial charge in [-0.2, -0.15) is 0 Å². The van der Waals surface area contributed by atoms with E-state index in [0.717, 1.165) is 6.42 Å². The molecule has 0 fully saturated rings. The van der Waals surface area contributed by atoms with Crippen molar-refractivity contribution in [1.29, 1.82) is 0 Å². The Balaban J connectivity index is 1.96. The summed E-state index contributed by atoms with van der Waals surface area (Å²) >= 11 is 2.36. The monoisotopic (exact) mass is 414 g/mol. The minimum Gasteiger partial charge on any atom is -0.0877 e. The van der Waals surface area contributed by atoms with Crippen molar-refractivity contribution >= 4 is 22.6 Å². The number of fused-ring (bicyclic) bond motifs is 1. The minimum atomic E-state index is 0.187. The summed E-state index contributed by atoms with van der Waals surface area (Å²) in [6.45, 7) is 6.81. The van der Waals surface area contributed by atoms with E-state index in [-0.39, 0.29) is 5.41 Å². The summed E-state index contributed by atoms with van der Waals surface area (Å²) in [5.41, 5.74) is 5.82. The SMILES string of the molecule is C/C=C\C=C/C1Cc2ccc(-c3ccc(I)cc3)cc2C1(C)C. The maximum atomic E-state index is 2.40. The number of halogens is 1. The molecule has 0 amide bonds. The van der Waals surface area contributed by atoms with E-state index in [1.54, 1.807) is 0 Å². The van der Waals surface area contributed by atoms with Crippen molar-refractivity contribution in [3.05, 3.63) is 81.5 Å². The summed E-state index contributed by atoms with van der Waals surface area (Å²) in [6, 6.07) is 15.8.